The van der Waals surface area contributed by atoms with E-state index in [4.69, 9.17) is 14.2 Å². The third-order valence-electron chi connectivity index (χ3n) is 6.06. The lowest BCUT2D eigenvalue weighted by atomic mass is 9.76. The molecule has 0 spiro atoms. The summed E-state index contributed by atoms with van der Waals surface area (Å²) in [7, 11) is 0. The summed E-state index contributed by atoms with van der Waals surface area (Å²) in [6.45, 7) is 22.8. The molecule has 190 valence electrons. The maximum absolute atomic E-state index is 6.61. The van der Waals surface area contributed by atoms with E-state index in [0.29, 0.717) is 18.4 Å². The second-order valence-electron chi connectivity index (χ2n) is 11.8. The fraction of sp³-hybridized carbons (Fsp3) is 0.613. The van der Waals surface area contributed by atoms with Crippen molar-refractivity contribution in [3.63, 3.8) is 0 Å². The molecule has 0 bridgehead atoms. The molecule has 1 heterocycles. The summed E-state index contributed by atoms with van der Waals surface area (Å²) in [5, 5.41) is 0. The van der Waals surface area contributed by atoms with Gasteiger partial charge in [0.15, 0.2) is 0 Å². The lowest BCUT2D eigenvalue weighted by Crippen LogP contribution is -2.37. The second-order valence-corrected chi connectivity index (χ2v) is 11.8. The minimum atomic E-state index is -0.367. The van der Waals surface area contributed by atoms with Crippen LogP contribution in [0.1, 0.15) is 105 Å². The average molecular weight is 469 g/mol. The first-order valence-corrected chi connectivity index (χ1v) is 13.1. The molecule has 3 nitrogen and oxygen atoms in total. The van der Waals surface area contributed by atoms with Crippen molar-refractivity contribution in [3.05, 3.63) is 59.7 Å². The summed E-state index contributed by atoms with van der Waals surface area (Å²) < 4.78 is 19.0. The zero-order valence-electron chi connectivity index (χ0n) is 23.3. The highest BCUT2D eigenvalue weighted by Gasteiger charge is 2.33. The van der Waals surface area contributed by atoms with Gasteiger partial charge in [0.2, 0.25) is 6.29 Å². The van der Waals surface area contributed by atoms with Crippen molar-refractivity contribution < 1.29 is 14.2 Å². The number of hydrogen-bond donors (Lipinski definition) is 0. The number of benzene rings is 2. The number of ether oxygens (including phenoxy) is 3. The molecular weight excluding hydrogens is 420 g/mol. The first-order chi connectivity index (χ1) is 15.9. The Hall–Kier alpha value is -2.00. The molecule has 34 heavy (non-hydrogen) atoms. The van der Waals surface area contributed by atoms with Gasteiger partial charge in [-0.25, -0.2) is 0 Å². The molecule has 2 aromatic rings. The van der Waals surface area contributed by atoms with Crippen LogP contribution in [0.15, 0.2) is 48.5 Å². The maximum Gasteiger partial charge on any atom is 0.205 e. The van der Waals surface area contributed by atoms with Gasteiger partial charge in [-0.15, -0.1) is 0 Å². The van der Waals surface area contributed by atoms with Crippen LogP contribution in [0.4, 0.5) is 0 Å². The van der Waals surface area contributed by atoms with Gasteiger partial charge in [-0.05, 0) is 47.4 Å². The van der Waals surface area contributed by atoms with Gasteiger partial charge in [0.25, 0.3) is 0 Å². The zero-order chi connectivity index (χ0) is 25.5. The van der Waals surface area contributed by atoms with E-state index in [-0.39, 0.29) is 23.2 Å². The molecule has 3 atom stereocenters. The van der Waals surface area contributed by atoms with Gasteiger partial charge in [0.05, 0.1) is 12.7 Å². The molecule has 0 aliphatic carbocycles. The standard InChI is InChI=1S/C29H42O3.C2H6/c1-20(2)24(19-28(3,4)5)21-12-11-13-22(18-21)31-27(29(6,7)8)32-26-16-17-30-25-15-10-9-14-23(25)26;1-2/h9-15,18,20,24,26-27H,16-17,19H2,1-8H3;1-2H3. The SMILES string of the molecule is CC.CC(C)C(CC(C)(C)C)c1cccc(OC(OC2CCOc3ccccc32)C(C)(C)C)c1. The van der Waals surface area contributed by atoms with Crippen molar-refractivity contribution in [1.29, 1.82) is 0 Å². The first-order valence-electron chi connectivity index (χ1n) is 13.1. The summed E-state index contributed by atoms with van der Waals surface area (Å²) in [6, 6.07) is 16.8. The number of rotatable bonds is 7. The molecule has 0 saturated carbocycles. The molecule has 0 aromatic heterocycles. The lowest BCUT2D eigenvalue weighted by molar-refractivity contribution is -0.179. The minimum Gasteiger partial charge on any atom is -0.493 e. The Labute approximate surface area is 209 Å². The molecular formula is C31H48O3. The van der Waals surface area contributed by atoms with Crippen molar-refractivity contribution in [1.82, 2.24) is 0 Å². The zero-order valence-corrected chi connectivity index (χ0v) is 23.3. The molecule has 0 fully saturated rings. The first kappa shape index (κ1) is 28.2. The Kier molecular flexibility index (Phi) is 10.1. The van der Waals surface area contributed by atoms with Gasteiger partial charge < -0.3 is 14.2 Å². The van der Waals surface area contributed by atoms with Crippen LogP contribution < -0.4 is 9.47 Å². The van der Waals surface area contributed by atoms with E-state index in [1.165, 1.54) is 5.56 Å². The van der Waals surface area contributed by atoms with Crippen LogP contribution in [0.25, 0.3) is 0 Å². The molecule has 1 aliphatic rings. The highest BCUT2D eigenvalue weighted by Crippen LogP contribution is 2.40. The topological polar surface area (TPSA) is 27.7 Å². The largest absolute Gasteiger partial charge is 0.493 e. The van der Waals surface area contributed by atoms with Crippen molar-refractivity contribution in [2.45, 2.75) is 100 Å². The molecule has 0 N–H and O–H groups in total. The minimum absolute atomic E-state index is 0.0309. The normalized spacial score (nSPS) is 17.7. The van der Waals surface area contributed by atoms with E-state index in [2.05, 4.69) is 85.7 Å². The van der Waals surface area contributed by atoms with Crippen LogP contribution in [0.5, 0.6) is 11.5 Å². The van der Waals surface area contributed by atoms with Crippen LogP contribution in [0.2, 0.25) is 0 Å². The Morgan fingerprint density at radius 3 is 2.24 bits per heavy atom. The van der Waals surface area contributed by atoms with Gasteiger partial charge in [0, 0.05) is 17.4 Å². The molecule has 2 aromatic carbocycles. The number of fused-ring (bicyclic) bond motifs is 1. The van der Waals surface area contributed by atoms with Crippen molar-refractivity contribution in [3.8, 4) is 11.5 Å². The van der Waals surface area contributed by atoms with Crippen LogP contribution in [0.3, 0.4) is 0 Å². The van der Waals surface area contributed by atoms with E-state index in [9.17, 15) is 0 Å². The van der Waals surface area contributed by atoms with E-state index in [1.807, 2.05) is 32.0 Å². The van der Waals surface area contributed by atoms with Crippen LogP contribution in [-0.4, -0.2) is 12.9 Å². The fourth-order valence-corrected chi connectivity index (χ4v) is 4.35. The predicted molar refractivity (Wildman–Crippen MR) is 144 cm³/mol. The summed E-state index contributed by atoms with van der Waals surface area (Å²) in [6.07, 6.45) is 1.57. The van der Waals surface area contributed by atoms with Gasteiger partial charge in [0.1, 0.15) is 11.5 Å². The Morgan fingerprint density at radius 1 is 0.941 bits per heavy atom. The highest BCUT2D eigenvalue weighted by molar-refractivity contribution is 5.36. The molecule has 3 rings (SSSR count). The molecule has 1 aliphatic heterocycles. The van der Waals surface area contributed by atoms with E-state index in [0.717, 1.165) is 29.9 Å². The predicted octanol–water partition coefficient (Wildman–Crippen LogP) is 9.18. The quantitative estimate of drug-likeness (QED) is 0.379. The molecule has 3 unspecified atom stereocenters. The van der Waals surface area contributed by atoms with Crippen molar-refractivity contribution in [2.24, 2.45) is 16.7 Å². The number of hydrogen-bond acceptors (Lipinski definition) is 3. The van der Waals surface area contributed by atoms with E-state index < -0.39 is 0 Å². The van der Waals surface area contributed by atoms with Gasteiger partial charge in [-0.2, -0.15) is 0 Å². The highest BCUT2D eigenvalue weighted by atomic mass is 16.7. The van der Waals surface area contributed by atoms with Crippen molar-refractivity contribution >= 4 is 0 Å². The maximum atomic E-state index is 6.61. The third kappa shape index (κ3) is 8.05. The van der Waals surface area contributed by atoms with E-state index >= 15 is 0 Å². The lowest BCUT2D eigenvalue weighted by Gasteiger charge is -2.36. The van der Waals surface area contributed by atoms with E-state index in [1.54, 1.807) is 0 Å². The van der Waals surface area contributed by atoms with Gasteiger partial charge in [-0.1, -0.05) is 99.6 Å². The summed E-state index contributed by atoms with van der Waals surface area (Å²) in [5.41, 5.74) is 2.55. The summed E-state index contributed by atoms with van der Waals surface area (Å²) in [5.74, 6) is 2.86. The molecule has 0 saturated heterocycles. The molecule has 0 radical (unpaired) electrons. The van der Waals surface area contributed by atoms with Gasteiger partial charge >= 0.3 is 0 Å². The van der Waals surface area contributed by atoms with Crippen LogP contribution >= 0.6 is 0 Å². The summed E-state index contributed by atoms with van der Waals surface area (Å²) >= 11 is 0. The van der Waals surface area contributed by atoms with Crippen molar-refractivity contribution in [2.75, 3.05) is 6.61 Å². The Morgan fingerprint density at radius 2 is 1.62 bits per heavy atom. The molecule has 3 heteroatoms. The Bertz CT molecular complexity index is 873. The average Bonchev–Trinajstić information content (AvgIpc) is 2.77. The monoisotopic (exact) mass is 468 g/mol. The second kappa shape index (κ2) is 12.1. The molecule has 0 amide bonds. The Balaban J connectivity index is 0.00000199. The summed E-state index contributed by atoms with van der Waals surface area (Å²) in [4.78, 5) is 0. The van der Waals surface area contributed by atoms with Gasteiger partial charge in [-0.3, -0.25) is 0 Å². The smallest absolute Gasteiger partial charge is 0.205 e. The number of para-hydroxylation sites is 1. The fourth-order valence-electron chi connectivity index (χ4n) is 4.35. The van der Waals surface area contributed by atoms with Crippen LogP contribution in [0, 0.1) is 16.7 Å². The third-order valence-corrected chi connectivity index (χ3v) is 6.06. The van der Waals surface area contributed by atoms with Crippen LogP contribution in [-0.2, 0) is 4.74 Å².